The quantitative estimate of drug-likeness (QED) is 0.436. The van der Waals surface area contributed by atoms with Gasteiger partial charge >= 0.3 is 0 Å². The fraction of sp³-hybridized carbons (Fsp3) is 0.0500. The maximum absolute atomic E-state index is 13.1. The number of nitrogens with one attached hydrogen (secondary N) is 1. The van der Waals surface area contributed by atoms with E-state index in [1.165, 1.54) is 17.7 Å². The van der Waals surface area contributed by atoms with Crippen LogP contribution in [-0.4, -0.2) is 15.6 Å². The van der Waals surface area contributed by atoms with Gasteiger partial charge in [-0.15, -0.1) is 11.3 Å². The molecule has 4 rings (SSSR count). The predicted octanol–water partition coefficient (Wildman–Crippen LogP) is 4.42. The summed E-state index contributed by atoms with van der Waals surface area (Å²) in [5, 5.41) is 0.522. The molecule has 2 heterocycles. The van der Waals surface area contributed by atoms with Gasteiger partial charge in [-0.2, -0.15) is 0 Å². The van der Waals surface area contributed by atoms with Gasteiger partial charge in [0.2, 0.25) is 0 Å². The Morgan fingerprint density at radius 2 is 1.81 bits per heavy atom. The van der Waals surface area contributed by atoms with Crippen molar-refractivity contribution in [3.63, 3.8) is 0 Å². The number of carbonyl (C=O) groups excluding carboxylic acids is 1. The van der Waals surface area contributed by atoms with Gasteiger partial charge in [-0.05, 0) is 47.2 Å². The highest BCUT2D eigenvalue weighted by Gasteiger charge is 2.18. The Morgan fingerprint density at radius 1 is 1.11 bits per heavy atom. The number of benzene rings is 2. The molecule has 0 bridgehead atoms. The minimum absolute atomic E-state index is 0.289. The van der Waals surface area contributed by atoms with Crippen molar-refractivity contribution in [1.82, 2.24) is 9.66 Å². The number of fused-ring (bicyclic) bond motifs is 1. The lowest BCUT2D eigenvalue weighted by Crippen LogP contribution is -2.33. The molecule has 1 amide bonds. The second kappa shape index (κ2) is 7.24. The Balaban J connectivity index is 1.82. The van der Waals surface area contributed by atoms with Gasteiger partial charge in [-0.1, -0.05) is 42.5 Å². The average molecular weight is 487 g/mol. The molecule has 0 fully saturated rings. The fourth-order valence-electron chi connectivity index (χ4n) is 2.95. The van der Waals surface area contributed by atoms with E-state index in [1.807, 2.05) is 49.4 Å². The van der Waals surface area contributed by atoms with Crippen LogP contribution in [0.2, 0.25) is 0 Å². The molecule has 0 spiro atoms. The van der Waals surface area contributed by atoms with Crippen LogP contribution in [0.1, 0.15) is 15.2 Å². The molecule has 0 unspecified atom stereocenters. The molecule has 0 saturated heterocycles. The molecule has 1 N–H and O–H groups in total. The first-order valence-electron chi connectivity index (χ1n) is 8.18. The van der Waals surface area contributed by atoms with Gasteiger partial charge in [-0.25, -0.2) is 9.66 Å². The minimum Gasteiger partial charge on any atom is -0.267 e. The predicted molar refractivity (Wildman–Crippen MR) is 117 cm³/mol. The van der Waals surface area contributed by atoms with E-state index < -0.39 is 0 Å². The smallest absolute Gasteiger partial charge is 0.267 e. The molecule has 0 atom stereocenters. The van der Waals surface area contributed by atoms with Crippen molar-refractivity contribution in [2.75, 3.05) is 5.43 Å². The number of hydrogen-bond donors (Lipinski definition) is 1. The van der Waals surface area contributed by atoms with Crippen molar-refractivity contribution in [1.29, 1.82) is 0 Å². The number of nitrogens with zero attached hydrogens (tertiary/aromatic N) is 2. The largest absolute Gasteiger partial charge is 0.281 e. The van der Waals surface area contributed by atoms with Gasteiger partial charge in [0.05, 0.1) is 10.9 Å². The third kappa shape index (κ3) is 3.28. The molecular weight excluding hydrogens is 473 g/mol. The Labute approximate surface area is 172 Å². The zero-order valence-electron chi connectivity index (χ0n) is 14.3. The number of halogens is 1. The van der Waals surface area contributed by atoms with Gasteiger partial charge in [0.1, 0.15) is 11.2 Å². The highest BCUT2D eigenvalue weighted by Crippen LogP contribution is 2.35. The van der Waals surface area contributed by atoms with Gasteiger partial charge in [0.25, 0.3) is 11.5 Å². The molecule has 4 aromatic rings. The first-order chi connectivity index (χ1) is 13.1. The van der Waals surface area contributed by atoms with E-state index in [4.69, 9.17) is 0 Å². The van der Waals surface area contributed by atoms with Gasteiger partial charge < -0.3 is 0 Å². The number of thiophene rings is 1. The van der Waals surface area contributed by atoms with E-state index >= 15 is 0 Å². The third-order valence-corrected chi connectivity index (χ3v) is 6.15. The van der Waals surface area contributed by atoms with E-state index in [2.05, 4.69) is 33.0 Å². The first-order valence-corrected chi connectivity index (χ1v) is 10.1. The Hall–Kier alpha value is -2.52. The van der Waals surface area contributed by atoms with Crippen molar-refractivity contribution in [2.24, 2.45) is 0 Å². The molecule has 27 heavy (non-hydrogen) atoms. The lowest BCUT2D eigenvalue weighted by Gasteiger charge is -2.09. The molecule has 0 aliphatic rings. The SMILES string of the molecule is Cc1sc2ncn(NC(=O)c3ccccc3I)c(=O)c2c1-c1ccccc1. The maximum Gasteiger partial charge on any atom is 0.281 e. The molecule has 0 radical (unpaired) electrons. The van der Waals surface area contributed by atoms with Gasteiger partial charge in [-0.3, -0.25) is 15.0 Å². The van der Waals surface area contributed by atoms with Crippen LogP contribution in [0.15, 0.2) is 65.7 Å². The maximum atomic E-state index is 13.1. The number of amides is 1. The summed E-state index contributed by atoms with van der Waals surface area (Å²) in [7, 11) is 0. The van der Waals surface area contributed by atoms with Crippen molar-refractivity contribution < 1.29 is 4.79 Å². The summed E-state index contributed by atoms with van der Waals surface area (Å²) < 4.78 is 1.97. The van der Waals surface area contributed by atoms with Crippen LogP contribution < -0.4 is 11.0 Å². The zero-order valence-corrected chi connectivity index (χ0v) is 17.2. The van der Waals surface area contributed by atoms with Crippen molar-refractivity contribution in [2.45, 2.75) is 6.92 Å². The summed E-state index contributed by atoms with van der Waals surface area (Å²) in [5.41, 5.74) is 4.70. The van der Waals surface area contributed by atoms with E-state index in [0.717, 1.165) is 24.3 Å². The van der Waals surface area contributed by atoms with Crippen LogP contribution >= 0.6 is 33.9 Å². The van der Waals surface area contributed by atoms with E-state index in [9.17, 15) is 9.59 Å². The van der Waals surface area contributed by atoms with Gasteiger partial charge in [0, 0.05) is 14.0 Å². The van der Waals surface area contributed by atoms with Crippen molar-refractivity contribution in [3.05, 3.63) is 85.3 Å². The summed E-state index contributed by atoms with van der Waals surface area (Å²) >= 11 is 3.57. The average Bonchev–Trinajstić information content (AvgIpc) is 3.02. The first kappa shape index (κ1) is 17.9. The third-order valence-electron chi connectivity index (χ3n) is 4.19. The summed E-state index contributed by atoms with van der Waals surface area (Å²) in [5.74, 6) is -0.350. The molecule has 5 nitrogen and oxygen atoms in total. The fourth-order valence-corrected chi connectivity index (χ4v) is 4.59. The highest BCUT2D eigenvalue weighted by atomic mass is 127. The highest BCUT2D eigenvalue weighted by molar-refractivity contribution is 14.1. The van der Waals surface area contributed by atoms with Gasteiger partial charge in [0.15, 0.2) is 0 Å². The van der Waals surface area contributed by atoms with E-state index in [-0.39, 0.29) is 11.5 Å². The molecule has 0 aliphatic carbocycles. The molecule has 0 saturated carbocycles. The lowest BCUT2D eigenvalue weighted by molar-refractivity contribution is 0.101. The molecule has 2 aromatic heterocycles. The van der Waals surface area contributed by atoms with E-state index in [0.29, 0.717) is 15.8 Å². The minimum atomic E-state index is -0.350. The van der Waals surface area contributed by atoms with Crippen LogP contribution in [0.4, 0.5) is 0 Å². The number of hydrogen-bond acceptors (Lipinski definition) is 4. The van der Waals surface area contributed by atoms with Crippen LogP contribution in [0.3, 0.4) is 0 Å². The molecular formula is C20H14IN3O2S. The molecule has 134 valence electrons. The van der Waals surface area contributed by atoms with Crippen LogP contribution in [-0.2, 0) is 0 Å². The number of aromatic nitrogens is 2. The Morgan fingerprint density at radius 3 is 2.56 bits per heavy atom. The monoisotopic (exact) mass is 487 g/mol. The lowest BCUT2D eigenvalue weighted by atomic mass is 10.0. The number of carbonyl (C=O) groups is 1. The summed E-state index contributed by atoms with van der Waals surface area (Å²) in [6, 6.07) is 17.0. The van der Waals surface area contributed by atoms with E-state index in [1.54, 1.807) is 12.1 Å². The summed E-state index contributed by atoms with van der Waals surface area (Å²) in [6.07, 6.45) is 1.36. The normalized spacial score (nSPS) is 10.9. The van der Waals surface area contributed by atoms with Crippen molar-refractivity contribution >= 4 is 50.1 Å². The Kier molecular flexibility index (Phi) is 4.79. The van der Waals surface area contributed by atoms with Crippen LogP contribution in [0.5, 0.6) is 0 Å². The standard InChI is InChI=1S/C20H14IN3O2S/c1-12-16(13-7-3-2-4-8-13)17-19(27-12)22-11-24(20(17)26)23-18(25)14-9-5-6-10-15(14)21/h2-11H,1H3,(H,23,25). The Bertz CT molecular complexity index is 1220. The summed E-state index contributed by atoms with van der Waals surface area (Å²) in [4.78, 5) is 31.7. The zero-order chi connectivity index (χ0) is 19.0. The molecule has 7 heteroatoms. The van der Waals surface area contributed by atoms with Crippen LogP contribution in [0, 0.1) is 10.5 Å². The second-order valence-corrected chi connectivity index (χ2v) is 8.29. The molecule has 0 aliphatic heterocycles. The summed E-state index contributed by atoms with van der Waals surface area (Å²) in [6.45, 7) is 1.98. The van der Waals surface area contributed by atoms with Crippen LogP contribution in [0.25, 0.3) is 21.3 Å². The topological polar surface area (TPSA) is 64.0 Å². The number of aryl methyl sites for hydroxylation is 1. The second-order valence-electron chi connectivity index (χ2n) is 5.92. The van der Waals surface area contributed by atoms with Crippen molar-refractivity contribution in [3.8, 4) is 11.1 Å². The molecule has 2 aromatic carbocycles. The number of rotatable bonds is 3.